The summed E-state index contributed by atoms with van der Waals surface area (Å²) in [5, 5.41) is 24.8. The van der Waals surface area contributed by atoms with E-state index in [1.807, 2.05) is 0 Å². The zero-order valence-electron chi connectivity index (χ0n) is 16.4. The average Bonchev–Trinajstić information content (AvgIpc) is 3.20. The molecule has 0 bridgehead atoms. The molecule has 7 nitrogen and oxygen atoms in total. The summed E-state index contributed by atoms with van der Waals surface area (Å²) >= 11 is 2.98. The highest BCUT2D eigenvalue weighted by Gasteiger charge is 2.13. The second-order valence-corrected chi connectivity index (χ2v) is 8.98. The molecular formula is C23H14N2O5S2-2. The number of hydrogen-bond donors (Lipinski definition) is 1. The lowest BCUT2D eigenvalue weighted by molar-refractivity contribution is -0.256. The molecule has 4 rings (SSSR count). The summed E-state index contributed by atoms with van der Waals surface area (Å²) < 4.78 is 1.69. The van der Waals surface area contributed by atoms with Crippen LogP contribution in [0, 0.1) is 0 Å². The maximum Gasteiger partial charge on any atom is 0.256 e. The minimum Gasteiger partial charge on any atom is -0.545 e. The van der Waals surface area contributed by atoms with E-state index in [2.05, 4.69) is 10.3 Å². The molecule has 1 N–H and O–H groups in total. The van der Waals surface area contributed by atoms with Crippen molar-refractivity contribution in [3.63, 3.8) is 0 Å². The van der Waals surface area contributed by atoms with Crippen molar-refractivity contribution in [2.75, 3.05) is 5.32 Å². The predicted molar refractivity (Wildman–Crippen MR) is 119 cm³/mol. The quantitative estimate of drug-likeness (QED) is 0.419. The first kappa shape index (κ1) is 21.5. The van der Waals surface area contributed by atoms with Gasteiger partial charge in [0.05, 0.1) is 22.2 Å². The van der Waals surface area contributed by atoms with Crippen molar-refractivity contribution in [2.45, 2.75) is 10.1 Å². The van der Waals surface area contributed by atoms with Crippen molar-refractivity contribution in [1.29, 1.82) is 0 Å². The topological polar surface area (TPSA) is 122 Å². The molecule has 0 aliphatic heterocycles. The molecule has 160 valence electrons. The smallest absolute Gasteiger partial charge is 0.256 e. The van der Waals surface area contributed by atoms with Gasteiger partial charge in [-0.2, -0.15) is 0 Å². The van der Waals surface area contributed by atoms with E-state index in [0.717, 1.165) is 20.1 Å². The Morgan fingerprint density at radius 3 is 2.31 bits per heavy atom. The normalized spacial score (nSPS) is 10.8. The monoisotopic (exact) mass is 462 g/mol. The minimum atomic E-state index is -1.41. The molecule has 0 aliphatic rings. The first-order valence-corrected chi connectivity index (χ1v) is 11.2. The fourth-order valence-corrected chi connectivity index (χ4v) is 5.05. The van der Waals surface area contributed by atoms with Crippen molar-refractivity contribution >= 4 is 56.8 Å². The van der Waals surface area contributed by atoms with Crippen molar-refractivity contribution in [3.05, 3.63) is 89.0 Å². The van der Waals surface area contributed by atoms with Gasteiger partial charge in [-0.3, -0.25) is 4.79 Å². The second-order valence-electron chi connectivity index (χ2n) is 6.72. The lowest BCUT2D eigenvalue weighted by Crippen LogP contribution is -2.26. The van der Waals surface area contributed by atoms with Crippen LogP contribution in [-0.2, 0) is 5.75 Å². The minimum absolute atomic E-state index is 0.0258. The maximum atomic E-state index is 12.5. The number of rotatable bonds is 7. The molecule has 0 saturated carbocycles. The van der Waals surface area contributed by atoms with Gasteiger partial charge in [-0.25, -0.2) is 4.98 Å². The van der Waals surface area contributed by atoms with Gasteiger partial charge in [0.1, 0.15) is 0 Å². The Balaban J connectivity index is 1.46. The molecule has 0 radical (unpaired) electrons. The number of carbonyl (C=O) groups excluding carboxylic acids is 3. The maximum absolute atomic E-state index is 12.5. The zero-order valence-corrected chi connectivity index (χ0v) is 18.0. The third kappa shape index (κ3) is 4.79. The highest BCUT2D eigenvalue weighted by Crippen LogP contribution is 2.33. The molecule has 0 spiro atoms. The number of aromatic nitrogens is 1. The van der Waals surface area contributed by atoms with Gasteiger partial charge in [-0.05, 0) is 35.4 Å². The number of carboxylic acids is 2. The Morgan fingerprint density at radius 1 is 0.906 bits per heavy atom. The van der Waals surface area contributed by atoms with Gasteiger partial charge < -0.3 is 25.1 Å². The van der Waals surface area contributed by atoms with Gasteiger partial charge in [0.2, 0.25) is 0 Å². The van der Waals surface area contributed by atoms with Crippen LogP contribution in [0.5, 0.6) is 0 Å². The number of nitrogens with one attached hydrogen (secondary N) is 1. The largest absolute Gasteiger partial charge is 0.545 e. The Kier molecular flexibility index (Phi) is 6.20. The molecular weight excluding hydrogens is 448 g/mol. The molecule has 1 amide bonds. The van der Waals surface area contributed by atoms with E-state index in [-0.39, 0.29) is 16.7 Å². The molecule has 0 fully saturated rings. The Labute approximate surface area is 190 Å². The zero-order chi connectivity index (χ0) is 22.7. The number of nitrogens with zero attached hydrogens (tertiary/aromatic N) is 1. The summed E-state index contributed by atoms with van der Waals surface area (Å²) in [6, 6.07) is 17.6. The predicted octanol–water partition coefficient (Wildman–Crippen LogP) is 2.57. The standard InChI is InChI=1S/C23H16N2O5S2/c26-20(16-3-1-2-4-17(16)22(29)30)24-15-9-10-18-19(11-15)32-23(25-18)31-12-13-5-7-14(8-6-13)21(27)28/h1-11H,12H2,(H,24,26)(H,27,28)(H,29,30)/p-2. The molecule has 9 heteroatoms. The fourth-order valence-electron chi connectivity index (χ4n) is 2.98. The number of thiazole rings is 1. The lowest BCUT2D eigenvalue weighted by Gasteiger charge is -2.10. The first-order chi connectivity index (χ1) is 15.4. The number of hydrogen-bond acceptors (Lipinski definition) is 8. The van der Waals surface area contributed by atoms with Crippen molar-refractivity contribution in [1.82, 2.24) is 4.98 Å². The van der Waals surface area contributed by atoms with Gasteiger partial charge in [-0.15, -0.1) is 11.3 Å². The van der Waals surface area contributed by atoms with Crippen molar-refractivity contribution < 1.29 is 24.6 Å². The van der Waals surface area contributed by atoms with Crippen molar-refractivity contribution in [3.8, 4) is 0 Å². The van der Waals surface area contributed by atoms with E-state index in [4.69, 9.17) is 0 Å². The van der Waals surface area contributed by atoms with Crippen LogP contribution in [0.3, 0.4) is 0 Å². The van der Waals surface area contributed by atoms with E-state index in [0.29, 0.717) is 11.4 Å². The number of anilines is 1. The van der Waals surface area contributed by atoms with Gasteiger partial charge >= 0.3 is 0 Å². The number of amides is 1. The highest BCUT2D eigenvalue weighted by molar-refractivity contribution is 8.00. The number of fused-ring (bicyclic) bond motifs is 1. The third-order valence-corrected chi connectivity index (χ3v) is 6.80. The number of aromatic carboxylic acids is 2. The summed E-state index contributed by atoms with van der Waals surface area (Å²) in [7, 11) is 0. The Bertz CT molecular complexity index is 1330. The summed E-state index contributed by atoms with van der Waals surface area (Å²) in [5.41, 5.74) is 2.24. The molecule has 0 aliphatic carbocycles. The second kappa shape index (κ2) is 9.21. The van der Waals surface area contributed by atoms with Crippen LogP contribution in [0.2, 0.25) is 0 Å². The first-order valence-electron chi connectivity index (χ1n) is 9.36. The third-order valence-electron chi connectivity index (χ3n) is 4.57. The highest BCUT2D eigenvalue weighted by atomic mass is 32.2. The number of thioether (sulfide) groups is 1. The molecule has 4 aromatic rings. The molecule has 3 aromatic carbocycles. The fraction of sp³-hybridized carbons (Fsp3) is 0.0435. The Hall–Kier alpha value is -3.69. The molecule has 1 heterocycles. The number of carbonyl (C=O) groups is 3. The average molecular weight is 463 g/mol. The van der Waals surface area contributed by atoms with Crippen LogP contribution in [0.15, 0.2) is 71.1 Å². The Morgan fingerprint density at radius 2 is 1.62 bits per heavy atom. The molecule has 0 unspecified atom stereocenters. The van der Waals surface area contributed by atoms with E-state index in [1.165, 1.54) is 53.4 Å². The molecule has 0 saturated heterocycles. The van der Waals surface area contributed by atoms with Gasteiger partial charge in [0.25, 0.3) is 5.91 Å². The lowest BCUT2D eigenvalue weighted by atomic mass is 10.1. The van der Waals surface area contributed by atoms with E-state index < -0.39 is 17.8 Å². The molecule has 0 atom stereocenters. The van der Waals surface area contributed by atoms with Gasteiger partial charge in [0.15, 0.2) is 4.34 Å². The van der Waals surface area contributed by atoms with E-state index in [1.54, 1.807) is 36.4 Å². The molecule has 1 aromatic heterocycles. The van der Waals surface area contributed by atoms with Crippen LogP contribution < -0.4 is 15.5 Å². The van der Waals surface area contributed by atoms with Crippen LogP contribution >= 0.6 is 23.1 Å². The summed E-state index contributed by atoms with van der Waals surface area (Å²) in [5.74, 6) is -2.54. The summed E-state index contributed by atoms with van der Waals surface area (Å²) in [6.45, 7) is 0. The van der Waals surface area contributed by atoms with E-state index >= 15 is 0 Å². The van der Waals surface area contributed by atoms with Gasteiger partial charge in [0, 0.05) is 22.6 Å². The number of carboxylic acid groups (broad SMARTS) is 2. The number of benzene rings is 3. The van der Waals surface area contributed by atoms with Crippen LogP contribution in [0.4, 0.5) is 5.69 Å². The van der Waals surface area contributed by atoms with E-state index in [9.17, 15) is 24.6 Å². The summed E-state index contributed by atoms with van der Waals surface area (Å²) in [6.07, 6.45) is 0. The van der Waals surface area contributed by atoms with Gasteiger partial charge in [-0.1, -0.05) is 54.2 Å². The van der Waals surface area contributed by atoms with Crippen molar-refractivity contribution in [2.24, 2.45) is 0 Å². The van der Waals surface area contributed by atoms with Crippen LogP contribution in [-0.4, -0.2) is 22.8 Å². The van der Waals surface area contributed by atoms with Crippen LogP contribution in [0.25, 0.3) is 10.2 Å². The SMILES string of the molecule is O=C([O-])c1ccc(CSc2nc3ccc(NC(=O)c4ccccc4C(=O)[O-])cc3s2)cc1. The molecule has 32 heavy (non-hydrogen) atoms. The van der Waals surface area contributed by atoms with Crippen LogP contribution in [0.1, 0.15) is 36.6 Å². The summed E-state index contributed by atoms with van der Waals surface area (Å²) in [4.78, 5) is 39.2.